The van der Waals surface area contributed by atoms with E-state index in [0.29, 0.717) is 10.4 Å². The molecule has 4 aromatic rings. The Kier molecular flexibility index (Phi) is 4.69. The van der Waals surface area contributed by atoms with Crippen molar-refractivity contribution in [1.82, 2.24) is 4.57 Å². The molecular formula is C22H17FN2OS. The number of amides is 1. The number of carbonyl (C=O) groups excluding carboxylic acids is 1. The lowest BCUT2D eigenvalue weighted by Gasteiger charge is -2.02. The Bertz CT molecular complexity index is 1170. The zero-order valence-corrected chi connectivity index (χ0v) is 15.5. The van der Waals surface area contributed by atoms with Crippen LogP contribution in [-0.4, -0.2) is 10.5 Å². The van der Waals surface area contributed by atoms with Gasteiger partial charge in [0.15, 0.2) is 4.80 Å². The molecule has 134 valence electrons. The second-order valence-corrected chi connectivity index (χ2v) is 7.34. The lowest BCUT2D eigenvalue weighted by atomic mass is 10.0. The van der Waals surface area contributed by atoms with Crippen LogP contribution < -0.4 is 4.80 Å². The van der Waals surface area contributed by atoms with E-state index in [1.807, 2.05) is 37.4 Å². The van der Waals surface area contributed by atoms with Gasteiger partial charge in [-0.3, -0.25) is 4.79 Å². The number of halogens is 1. The molecule has 0 radical (unpaired) electrons. The van der Waals surface area contributed by atoms with Crippen molar-refractivity contribution in [2.75, 3.05) is 0 Å². The van der Waals surface area contributed by atoms with Crippen LogP contribution in [0.4, 0.5) is 4.39 Å². The molecule has 0 fully saturated rings. The van der Waals surface area contributed by atoms with Crippen LogP contribution in [-0.2, 0) is 13.5 Å². The second-order valence-electron chi connectivity index (χ2n) is 6.33. The van der Waals surface area contributed by atoms with Crippen molar-refractivity contribution in [2.45, 2.75) is 6.42 Å². The Morgan fingerprint density at radius 1 is 1.00 bits per heavy atom. The maximum Gasteiger partial charge on any atom is 0.279 e. The summed E-state index contributed by atoms with van der Waals surface area (Å²) in [5.74, 6) is -0.597. The summed E-state index contributed by atoms with van der Waals surface area (Å²) in [5.41, 5.74) is 3.76. The molecule has 3 aromatic carbocycles. The van der Waals surface area contributed by atoms with Crippen LogP contribution in [0.25, 0.3) is 10.2 Å². The molecule has 0 N–H and O–H groups in total. The molecule has 1 amide bonds. The summed E-state index contributed by atoms with van der Waals surface area (Å²) in [7, 11) is 1.83. The van der Waals surface area contributed by atoms with Crippen LogP contribution in [0.15, 0.2) is 77.8 Å². The summed E-state index contributed by atoms with van der Waals surface area (Å²) >= 11 is 1.30. The van der Waals surface area contributed by atoms with Gasteiger partial charge in [0.1, 0.15) is 5.82 Å². The van der Waals surface area contributed by atoms with Gasteiger partial charge >= 0.3 is 0 Å². The first kappa shape index (κ1) is 17.4. The lowest BCUT2D eigenvalue weighted by molar-refractivity contribution is 0.0998. The number of fused-ring (bicyclic) bond motifs is 1. The summed E-state index contributed by atoms with van der Waals surface area (Å²) < 4.78 is 16.0. The predicted octanol–water partition coefficient (Wildman–Crippen LogP) is 4.71. The minimum atomic E-state index is -0.302. The van der Waals surface area contributed by atoms with E-state index in [-0.39, 0.29) is 11.7 Å². The van der Waals surface area contributed by atoms with Crippen LogP contribution in [0.1, 0.15) is 21.5 Å². The monoisotopic (exact) mass is 376 g/mol. The summed E-state index contributed by atoms with van der Waals surface area (Å²) in [4.78, 5) is 17.3. The van der Waals surface area contributed by atoms with Crippen LogP contribution in [0, 0.1) is 5.82 Å². The standard InChI is InChI=1S/C22H17FN2OS/c1-25-19-12-11-18(23)14-20(19)27-22(25)24-21(26)17-9-7-16(8-10-17)13-15-5-3-2-4-6-15/h2-12,14H,13H2,1H3. The Balaban J connectivity index is 1.60. The Hall–Kier alpha value is -3.05. The highest BCUT2D eigenvalue weighted by Gasteiger charge is 2.08. The predicted molar refractivity (Wildman–Crippen MR) is 106 cm³/mol. The van der Waals surface area contributed by atoms with E-state index in [4.69, 9.17) is 0 Å². The quantitative estimate of drug-likeness (QED) is 0.510. The van der Waals surface area contributed by atoms with Crippen molar-refractivity contribution < 1.29 is 9.18 Å². The van der Waals surface area contributed by atoms with Crippen molar-refractivity contribution in [3.05, 3.63) is 100 Å². The third-order valence-corrected chi connectivity index (χ3v) is 5.52. The molecule has 0 spiro atoms. The van der Waals surface area contributed by atoms with Crippen LogP contribution in [0.3, 0.4) is 0 Å². The molecule has 0 aliphatic carbocycles. The van der Waals surface area contributed by atoms with Crippen molar-refractivity contribution in [3.8, 4) is 0 Å². The van der Waals surface area contributed by atoms with Crippen LogP contribution >= 0.6 is 11.3 Å². The van der Waals surface area contributed by atoms with Gasteiger partial charge in [-0.1, -0.05) is 53.8 Å². The van der Waals surface area contributed by atoms with E-state index in [9.17, 15) is 9.18 Å². The first-order valence-electron chi connectivity index (χ1n) is 8.57. The number of rotatable bonds is 3. The Morgan fingerprint density at radius 3 is 2.44 bits per heavy atom. The molecule has 4 rings (SSSR count). The van der Waals surface area contributed by atoms with Gasteiger partial charge in [0.2, 0.25) is 0 Å². The van der Waals surface area contributed by atoms with Gasteiger partial charge in [0, 0.05) is 12.6 Å². The lowest BCUT2D eigenvalue weighted by Crippen LogP contribution is -2.13. The molecule has 1 aromatic heterocycles. The van der Waals surface area contributed by atoms with E-state index >= 15 is 0 Å². The minimum absolute atomic E-state index is 0.295. The van der Waals surface area contributed by atoms with E-state index in [2.05, 4.69) is 17.1 Å². The largest absolute Gasteiger partial charge is 0.319 e. The fourth-order valence-corrected chi connectivity index (χ4v) is 4.00. The minimum Gasteiger partial charge on any atom is -0.319 e. The Morgan fingerprint density at radius 2 is 1.70 bits per heavy atom. The highest BCUT2D eigenvalue weighted by Crippen LogP contribution is 2.18. The van der Waals surface area contributed by atoms with Crippen LogP contribution in [0.2, 0.25) is 0 Å². The van der Waals surface area contributed by atoms with Crippen molar-refractivity contribution in [2.24, 2.45) is 12.0 Å². The molecule has 0 aliphatic heterocycles. The van der Waals surface area contributed by atoms with Gasteiger partial charge < -0.3 is 4.57 Å². The van der Waals surface area contributed by atoms with Crippen molar-refractivity contribution >= 4 is 27.5 Å². The highest BCUT2D eigenvalue weighted by molar-refractivity contribution is 7.16. The summed E-state index contributed by atoms with van der Waals surface area (Å²) in [6.45, 7) is 0. The number of aromatic nitrogens is 1. The maximum atomic E-state index is 13.4. The zero-order valence-electron chi connectivity index (χ0n) is 14.7. The summed E-state index contributed by atoms with van der Waals surface area (Å²) in [6, 6.07) is 22.3. The number of thiazole rings is 1. The SMILES string of the molecule is Cn1c(=NC(=O)c2ccc(Cc3ccccc3)cc2)sc2cc(F)ccc21. The Labute approximate surface area is 160 Å². The summed E-state index contributed by atoms with van der Waals surface area (Å²) in [6.07, 6.45) is 0.823. The molecule has 0 saturated carbocycles. The summed E-state index contributed by atoms with van der Waals surface area (Å²) in [5, 5.41) is 0. The van der Waals surface area contributed by atoms with Gasteiger partial charge in [-0.05, 0) is 47.9 Å². The highest BCUT2D eigenvalue weighted by atomic mass is 32.1. The first-order valence-corrected chi connectivity index (χ1v) is 9.39. The molecule has 3 nitrogen and oxygen atoms in total. The molecule has 0 bridgehead atoms. The smallest absolute Gasteiger partial charge is 0.279 e. The van der Waals surface area contributed by atoms with Crippen LogP contribution in [0.5, 0.6) is 0 Å². The van der Waals surface area contributed by atoms with Crippen molar-refractivity contribution in [3.63, 3.8) is 0 Å². The van der Waals surface area contributed by atoms with E-state index < -0.39 is 0 Å². The third-order valence-electron chi connectivity index (χ3n) is 4.42. The van der Waals surface area contributed by atoms with E-state index in [1.165, 1.54) is 29.0 Å². The third kappa shape index (κ3) is 3.73. The molecule has 0 saturated heterocycles. The molecule has 1 heterocycles. The van der Waals surface area contributed by atoms with Gasteiger partial charge in [-0.25, -0.2) is 4.39 Å². The zero-order chi connectivity index (χ0) is 18.8. The van der Waals surface area contributed by atoms with Gasteiger partial charge in [-0.15, -0.1) is 0 Å². The number of nitrogens with zero attached hydrogens (tertiary/aromatic N) is 2. The van der Waals surface area contributed by atoms with Gasteiger partial charge in [0.05, 0.1) is 10.2 Å². The molecule has 5 heteroatoms. The number of aryl methyl sites for hydroxylation is 1. The van der Waals surface area contributed by atoms with E-state index in [1.54, 1.807) is 22.8 Å². The molecular weight excluding hydrogens is 359 g/mol. The second kappa shape index (κ2) is 7.29. The normalized spacial score (nSPS) is 11.9. The van der Waals surface area contributed by atoms with E-state index in [0.717, 1.165) is 22.2 Å². The van der Waals surface area contributed by atoms with Crippen molar-refractivity contribution in [1.29, 1.82) is 0 Å². The number of hydrogen-bond acceptors (Lipinski definition) is 2. The average molecular weight is 376 g/mol. The van der Waals surface area contributed by atoms with Gasteiger partial charge in [0.25, 0.3) is 5.91 Å². The molecule has 0 atom stereocenters. The maximum absolute atomic E-state index is 13.4. The average Bonchev–Trinajstić information content (AvgIpc) is 2.98. The topological polar surface area (TPSA) is 34.4 Å². The fraction of sp³-hybridized carbons (Fsp3) is 0.0909. The molecule has 27 heavy (non-hydrogen) atoms. The fourth-order valence-electron chi connectivity index (χ4n) is 2.96. The van der Waals surface area contributed by atoms with Gasteiger partial charge in [-0.2, -0.15) is 4.99 Å². The molecule has 0 unspecified atom stereocenters. The number of carbonyl (C=O) groups is 1. The first-order chi connectivity index (χ1) is 13.1. The number of hydrogen-bond donors (Lipinski definition) is 0. The number of benzene rings is 3. The molecule has 0 aliphatic rings.